The van der Waals surface area contributed by atoms with Gasteiger partial charge >= 0.3 is 0 Å². The molecule has 15 heavy (non-hydrogen) atoms. The zero-order chi connectivity index (χ0) is 11.6. The van der Waals surface area contributed by atoms with Crippen molar-refractivity contribution >= 4 is 11.8 Å². The number of hydrogen-bond donors (Lipinski definition) is 4. The number of hydrogen-bond acceptors (Lipinski definition) is 6. The van der Waals surface area contributed by atoms with Crippen LogP contribution < -0.4 is 0 Å². The molecule has 0 spiro atoms. The van der Waals surface area contributed by atoms with Gasteiger partial charge in [-0.3, -0.25) is 0 Å². The number of aliphatic hydroxyl groups is 4. The number of thioether (sulfide) groups is 1. The highest BCUT2D eigenvalue weighted by Crippen LogP contribution is 2.30. The van der Waals surface area contributed by atoms with Gasteiger partial charge in [-0.25, -0.2) is 0 Å². The van der Waals surface area contributed by atoms with E-state index < -0.39 is 29.9 Å². The van der Waals surface area contributed by atoms with E-state index in [0.29, 0.717) is 0 Å². The number of aliphatic hydroxyl groups excluding tert-OH is 4. The monoisotopic (exact) mass is 238 g/mol. The van der Waals surface area contributed by atoms with Crippen LogP contribution in [0.3, 0.4) is 0 Å². The highest BCUT2D eigenvalue weighted by molar-refractivity contribution is 8.00. The van der Waals surface area contributed by atoms with E-state index in [1.165, 1.54) is 11.8 Å². The van der Waals surface area contributed by atoms with E-state index in [2.05, 4.69) is 0 Å². The molecule has 1 rings (SSSR count). The van der Waals surface area contributed by atoms with Gasteiger partial charge in [-0.1, -0.05) is 13.8 Å². The van der Waals surface area contributed by atoms with Gasteiger partial charge in [0.25, 0.3) is 0 Å². The summed E-state index contributed by atoms with van der Waals surface area (Å²) in [5.41, 5.74) is -0.611. The van der Waals surface area contributed by atoms with Crippen molar-refractivity contribution in [2.75, 3.05) is 6.61 Å². The summed E-state index contributed by atoms with van der Waals surface area (Å²) in [7, 11) is 0. The second kappa shape index (κ2) is 5.47. The van der Waals surface area contributed by atoms with Crippen LogP contribution in [0.2, 0.25) is 0 Å². The van der Waals surface area contributed by atoms with Crippen molar-refractivity contribution in [3.05, 3.63) is 0 Å². The second-order valence-electron chi connectivity index (χ2n) is 3.88. The van der Waals surface area contributed by atoms with Gasteiger partial charge < -0.3 is 25.2 Å². The fourth-order valence-corrected chi connectivity index (χ4v) is 2.51. The molecule has 0 radical (unpaired) electrons. The Kier molecular flexibility index (Phi) is 4.82. The van der Waals surface area contributed by atoms with E-state index in [1.54, 1.807) is 0 Å². The average molecular weight is 238 g/mol. The second-order valence-corrected chi connectivity index (χ2v) is 5.56. The van der Waals surface area contributed by atoms with Crippen molar-refractivity contribution in [3.63, 3.8) is 0 Å². The van der Waals surface area contributed by atoms with Crippen LogP contribution >= 0.6 is 11.8 Å². The summed E-state index contributed by atoms with van der Waals surface area (Å²) in [6, 6.07) is 0. The number of rotatable bonds is 3. The summed E-state index contributed by atoms with van der Waals surface area (Å²) in [6.07, 6.45) is -4.48. The molecule has 0 aromatic heterocycles. The van der Waals surface area contributed by atoms with E-state index in [-0.39, 0.29) is 11.9 Å². The van der Waals surface area contributed by atoms with Gasteiger partial charge in [-0.2, -0.15) is 0 Å². The lowest BCUT2D eigenvalue weighted by Gasteiger charge is -2.40. The first-order valence-electron chi connectivity index (χ1n) is 4.93. The molecule has 0 bridgehead atoms. The fourth-order valence-electron chi connectivity index (χ4n) is 1.45. The summed E-state index contributed by atoms with van der Waals surface area (Å²) >= 11 is 1.35. The molecule has 4 N–H and O–H groups in total. The Morgan fingerprint density at radius 3 is 2.20 bits per heavy atom. The Morgan fingerprint density at radius 1 is 1.13 bits per heavy atom. The van der Waals surface area contributed by atoms with Crippen molar-refractivity contribution in [2.24, 2.45) is 0 Å². The van der Waals surface area contributed by atoms with Crippen molar-refractivity contribution < 1.29 is 25.2 Å². The summed E-state index contributed by atoms with van der Waals surface area (Å²) in [5.74, 6) is 0. The predicted octanol–water partition coefficient (Wildman–Crippen LogP) is -1.07. The Labute approximate surface area is 93.1 Å². The van der Waals surface area contributed by atoms with Crippen LogP contribution in [-0.4, -0.2) is 62.1 Å². The summed E-state index contributed by atoms with van der Waals surface area (Å²) in [4.78, 5) is 0. The molecule has 1 aliphatic heterocycles. The van der Waals surface area contributed by atoms with Gasteiger partial charge in [0.05, 0.1) is 6.61 Å². The first-order valence-corrected chi connectivity index (χ1v) is 5.87. The molecule has 2 unspecified atom stereocenters. The Bertz CT molecular complexity index is 199. The van der Waals surface area contributed by atoms with Gasteiger partial charge in [0.2, 0.25) is 0 Å². The van der Waals surface area contributed by atoms with E-state index in [1.807, 2.05) is 13.8 Å². The van der Waals surface area contributed by atoms with Crippen LogP contribution in [0.4, 0.5) is 0 Å². The molecule has 1 aliphatic rings. The predicted molar refractivity (Wildman–Crippen MR) is 56.5 cm³/mol. The summed E-state index contributed by atoms with van der Waals surface area (Å²) < 4.78 is 5.29. The zero-order valence-electron chi connectivity index (χ0n) is 8.78. The topological polar surface area (TPSA) is 90.2 Å². The highest BCUT2D eigenvalue weighted by Gasteiger charge is 2.43. The maximum Gasteiger partial charge on any atom is 0.132 e. The zero-order valence-corrected chi connectivity index (χ0v) is 9.59. The van der Waals surface area contributed by atoms with E-state index in [0.717, 1.165) is 0 Å². The fraction of sp³-hybridized carbons (Fsp3) is 1.00. The normalized spacial score (nSPS) is 42.2. The molecular formula is C9H18O5S. The molecule has 0 saturated carbocycles. The van der Waals surface area contributed by atoms with Crippen LogP contribution in [-0.2, 0) is 4.74 Å². The third-order valence-electron chi connectivity index (χ3n) is 2.25. The molecule has 0 amide bonds. The molecule has 0 aromatic carbocycles. The molecule has 0 aliphatic carbocycles. The van der Waals surface area contributed by atoms with Crippen molar-refractivity contribution in [2.45, 2.75) is 48.9 Å². The van der Waals surface area contributed by atoms with E-state index in [4.69, 9.17) is 9.84 Å². The molecule has 5 nitrogen and oxygen atoms in total. The van der Waals surface area contributed by atoms with Gasteiger partial charge in [0.1, 0.15) is 29.9 Å². The lowest BCUT2D eigenvalue weighted by molar-refractivity contribution is -0.205. The standard InChI is InChI=1S/C9H18O5S/c1-4(2)15-9-8(13)7(12)6(11)5(3-10)14-9/h4-13H,3H2,1-2H3/t5?,6-,7?,8+,9-/m1/s1. The highest BCUT2D eigenvalue weighted by atomic mass is 32.2. The lowest BCUT2D eigenvalue weighted by atomic mass is 10.0. The van der Waals surface area contributed by atoms with Gasteiger partial charge in [0, 0.05) is 5.25 Å². The summed E-state index contributed by atoms with van der Waals surface area (Å²) in [5, 5.41) is 37.8. The molecule has 1 heterocycles. The van der Waals surface area contributed by atoms with E-state index >= 15 is 0 Å². The first-order chi connectivity index (χ1) is 6.97. The van der Waals surface area contributed by atoms with Crippen LogP contribution in [0.15, 0.2) is 0 Å². The van der Waals surface area contributed by atoms with Crippen molar-refractivity contribution in [3.8, 4) is 0 Å². The molecular weight excluding hydrogens is 220 g/mol. The minimum absolute atomic E-state index is 0.228. The molecule has 1 fully saturated rings. The first kappa shape index (κ1) is 13.2. The SMILES string of the molecule is CC(C)S[C@H]1OC(CO)[C@@H](O)C(O)[C@@H]1O. The minimum Gasteiger partial charge on any atom is -0.394 e. The average Bonchev–Trinajstić information content (AvgIpc) is 2.18. The quantitative estimate of drug-likeness (QED) is 0.500. The third kappa shape index (κ3) is 3.05. The number of ether oxygens (including phenoxy) is 1. The van der Waals surface area contributed by atoms with Crippen molar-refractivity contribution in [1.29, 1.82) is 0 Å². The largest absolute Gasteiger partial charge is 0.394 e. The molecule has 1 saturated heterocycles. The van der Waals surface area contributed by atoms with Crippen LogP contribution in [0, 0.1) is 0 Å². The summed E-state index contributed by atoms with van der Waals surface area (Å²) in [6.45, 7) is 3.50. The maximum absolute atomic E-state index is 9.63. The van der Waals surface area contributed by atoms with Crippen LogP contribution in [0.5, 0.6) is 0 Å². The molecule has 5 atom stereocenters. The smallest absolute Gasteiger partial charge is 0.132 e. The Hall–Kier alpha value is 0.150. The van der Waals surface area contributed by atoms with Gasteiger partial charge in [-0.05, 0) is 0 Å². The van der Waals surface area contributed by atoms with Crippen LogP contribution in [0.1, 0.15) is 13.8 Å². The van der Waals surface area contributed by atoms with Gasteiger partial charge in [-0.15, -0.1) is 11.8 Å². The lowest BCUT2D eigenvalue weighted by Crippen LogP contribution is -2.57. The Balaban J connectivity index is 2.65. The molecule has 90 valence electrons. The Morgan fingerprint density at radius 2 is 1.73 bits per heavy atom. The minimum atomic E-state index is -1.27. The van der Waals surface area contributed by atoms with Gasteiger partial charge in [0.15, 0.2) is 0 Å². The van der Waals surface area contributed by atoms with Crippen LogP contribution in [0.25, 0.3) is 0 Å². The molecule has 0 aromatic rings. The molecule has 6 heteroatoms. The maximum atomic E-state index is 9.63. The van der Waals surface area contributed by atoms with Crippen molar-refractivity contribution in [1.82, 2.24) is 0 Å². The third-order valence-corrected chi connectivity index (χ3v) is 3.46. The van der Waals surface area contributed by atoms with E-state index in [9.17, 15) is 15.3 Å².